The molecule has 2 rings (SSSR count). The summed E-state index contributed by atoms with van der Waals surface area (Å²) >= 11 is 1.67. The Kier molecular flexibility index (Phi) is 6.29. The smallest absolute Gasteiger partial charge is 0.227 e. The lowest BCUT2D eigenvalue weighted by Crippen LogP contribution is -2.34. The molecule has 0 unspecified atom stereocenters. The maximum absolute atomic E-state index is 13.0. The predicted molar refractivity (Wildman–Crippen MR) is 89.8 cm³/mol. The number of thiophene rings is 1. The molecule has 0 aliphatic heterocycles. The second kappa shape index (κ2) is 8.43. The summed E-state index contributed by atoms with van der Waals surface area (Å²) in [6.07, 6.45) is 2.02. The minimum absolute atomic E-state index is 0.0774. The van der Waals surface area contributed by atoms with E-state index >= 15 is 0 Å². The van der Waals surface area contributed by atoms with Crippen LogP contribution in [0.3, 0.4) is 0 Å². The summed E-state index contributed by atoms with van der Waals surface area (Å²) in [5, 5.41) is 2.01. The van der Waals surface area contributed by atoms with Crippen LogP contribution in [-0.4, -0.2) is 18.4 Å². The van der Waals surface area contributed by atoms with Gasteiger partial charge in [-0.2, -0.15) is 0 Å². The standard InChI is InChI=1S/C17H19FN2O2S/c18-13-6-8-14(9-7-13)20(11-10-16(19)21)17(22)5-1-3-15-4-2-12-23-15/h2,4,6-9,12H,1,3,5,10-11H2,(H2,19,21). The van der Waals surface area contributed by atoms with Crippen molar-refractivity contribution in [2.45, 2.75) is 25.7 Å². The number of halogens is 1. The highest BCUT2D eigenvalue weighted by Crippen LogP contribution is 2.18. The first kappa shape index (κ1) is 17.1. The van der Waals surface area contributed by atoms with Crippen LogP contribution in [0.1, 0.15) is 24.1 Å². The molecule has 0 bridgehead atoms. The van der Waals surface area contributed by atoms with E-state index in [1.807, 2.05) is 17.5 Å². The van der Waals surface area contributed by atoms with Crippen molar-refractivity contribution in [2.24, 2.45) is 5.73 Å². The average Bonchev–Trinajstić information content (AvgIpc) is 3.02. The number of anilines is 1. The molecule has 1 aromatic carbocycles. The highest BCUT2D eigenvalue weighted by molar-refractivity contribution is 7.09. The molecule has 1 aromatic heterocycles. The van der Waals surface area contributed by atoms with Crippen LogP contribution in [0, 0.1) is 5.82 Å². The van der Waals surface area contributed by atoms with E-state index < -0.39 is 5.91 Å². The number of carbonyl (C=O) groups is 2. The van der Waals surface area contributed by atoms with Crippen molar-refractivity contribution < 1.29 is 14.0 Å². The number of carbonyl (C=O) groups excluding carboxylic acids is 2. The number of benzene rings is 1. The Labute approximate surface area is 138 Å². The third-order valence-electron chi connectivity index (χ3n) is 3.42. The molecule has 2 aromatic rings. The maximum atomic E-state index is 13.0. The minimum Gasteiger partial charge on any atom is -0.370 e. The molecule has 0 aliphatic rings. The second-order valence-electron chi connectivity index (χ2n) is 5.17. The molecule has 6 heteroatoms. The number of primary amides is 1. The Morgan fingerprint density at radius 1 is 1.13 bits per heavy atom. The van der Waals surface area contributed by atoms with E-state index in [1.165, 1.54) is 34.0 Å². The fourth-order valence-corrected chi connectivity index (χ4v) is 3.00. The topological polar surface area (TPSA) is 63.4 Å². The zero-order valence-corrected chi connectivity index (χ0v) is 13.5. The van der Waals surface area contributed by atoms with Crippen LogP contribution in [-0.2, 0) is 16.0 Å². The van der Waals surface area contributed by atoms with Crippen LogP contribution in [0.25, 0.3) is 0 Å². The van der Waals surface area contributed by atoms with Crippen LogP contribution in [0.15, 0.2) is 41.8 Å². The van der Waals surface area contributed by atoms with Gasteiger partial charge in [0.1, 0.15) is 5.82 Å². The predicted octanol–water partition coefficient (Wildman–Crippen LogP) is 3.12. The first-order valence-corrected chi connectivity index (χ1v) is 8.31. The summed E-state index contributed by atoms with van der Waals surface area (Å²) in [4.78, 5) is 26.2. The van der Waals surface area contributed by atoms with Crippen molar-refractivity contribution in [1.82, 2.24) is 0 Å². The number of amides is 2. The zero-order chi connectivity index (χ0) is 16.7. The zero-order valence-electron chi connectivity index (χ0n) is 12.7. The third-order valence-corrected chi connectivity index (χ3v) is 4.35. The molecule has 0 saturated carbocycles. The third kappa shape index (κ3) is 5.49. The molecular weight excluding hydrogens is 315 g/mol. The minimum atomic E-state index is -0.469. The van der Waals surface area contributed by atoms with Gasteiger partial charge >= 0.3 is 0 Å². The molecule has 1 heterocycles. The number of nitrogens with zero attached hydrogens (tertiary/aromatic N) is 1. The van der Waals surface area contributed by atoms with Crippen LogP contribution >= 0.6 is 11.3 Å². The van der Waals surface area contributed by atoms with Gasteiger partial charge in [-0.25, -0.2) is 4.39 Å². The van der Waals surface area contributed by atoms with E-state index in [0.717, 1.165) is 12.8 Å². The molecule has 23 heavy (non-hydrogen) atoms. The summed E-state index contributed by atoms with van der Waals surface area (Å²) < 4.78 is 13.0. The molecule has 0 saturated heterocycles. The molecule has 0 spiro atoms. The van der Waals surface area contributed by atoms with Crippen LogP contribution < -0.4 is 10.6 Å². The van der Waals surface area contributed by atoms with Gasteiger partial charge in [0.2, 0.25) is 11.8 Å². The van der Waals surface area contributed by atoms with Crippen LogP contribution in [0.4, 0.5) is 10.1 Å². The number of aryl methyl sites for hydroxylation is 1. The lowest BCUT2D eigenvalue weighted by molar-refractivity contribution is -0.119. The fraction of sp³-hybridized carbons (Fsp3) is 0.294. The lowest BCUT2D eigenvalue weighted by Gasteiger charge is -2.22. The molecule has 2 N–H and O–H groups in total. The molecule has 0 aliphatic carbocycles. The summed E-state index contributed by atoms with van der Waals surface area (Å²) in [5.74, 6) is -0.924. The van der Waals surface area contributed by atoms with Crippen molar-refractivity contribution in [3.63, 3.8) is 0 Å². The van der Waals surface area contributed by atoms with Gasteiger partial charge in [-0.05, 0) is 48.6 Å². The van der Waals surface area contributed by atoms with Crippen molar-refractivity contribution in [3.05, 3.63) is 52.5 Å². The second-order valence-corrected chi connectivity index (χ2v) is 6.20. The van der Waals surface area contributed by atoms with E-state index in [-0.39, 0.29) is 24.7 Å². The fourth-order valence-electron chi connectivity index (χ4n) is 2.24. The van der Waals surface area contributed by atoms with Gasteiger partial charge in [0.15, 0.2) is 0 Å². The normalized spacial score (nSPS) is 10.5. The Balaban J connectivity index is 1.98. The average molecular weight is 334 g/mol. The monoisotopic (exact) mass is 334 g/mol. The van der Waals surface area contributed by atoms with Crippen molar-refractivity contribution in [1.29, 1.82) is 0 Å². The molecule has 2 amide bonds. The van der Waals surface area contributed by atoms with Gasteiger partial charge in [-0.1, -0.05) is 6.07 Å². The van der Waals surface area contributed by atoms with Gasteiger partial charge < -0.3 is 10.6 Å². The van der Waals surface area contributed by atoms with E-state index in [9.17, 15) is 14.0 Å². The first-order valence-electron chi connectivity index (χ1n) is 7.43. The van der Waals surface area contributed by atoms with Crippen molar-refractivity contribution in [2.75, 3.05) is 11.4 Å². The van der Waals surface area contributed by atoms with E-state index in [4.69, 9.17) is 5.73 Å². The SMILES string of the molecule is NC(=O)CCN(C(=O)CCCc1cccs1)c1ccc(F)cc1. The molecular formula is C17H19FN2O2S. The van der Waals surface area contributed by atoms with Crippen LogP contribution in [0.5, 0.6) is 0 Å². The van der Waals surface area contributed by atoms with Crippen LogP contribution in [0.2, 0.25) is 0 Å². The van der Waals surface area contributed by atoms with E-state index in [0.29, 0.717) is 12.1 Å². The molecule has 0 fully saturated rings. The lowest BCUT2D eigenvalue weighted by atomic mass is 10.1. The molecule has 0 atom stereocenters. The number of nitrogens with two attached hydrogens (primary N) is 1. The summed E-state index contributed by atoms with van der Waals surface area (Å²) in [6, 6.07) is 9.69. The van der Waals surface area contributed by atoms with E-state index in [1.54, 1.807) is 11.3 Å². The summed E-state index contributed by atoms with van der Waals surface area (Å²) in [7, 11) is 0. The van der Waals surface area contributed by atoms with Gasteiger partial charge in [0, 0.05) is 30.0 Å². The first-order chi connectivity index (χ1) is 11.1. The largest absolute Gasteiger partial charge is 0.370 e. The molecule has 122 valence electrons. The Morgan fingerprint density at radius 2 is 1.87 bits per heavy atom. The summed E-state index contributed by atoms with van der Waals surface area (Å²) in [6.45, 7) is 0.207. The van der Waals surface area contributed by atoms with E-state index in [2.05, 4.69) is 0 Å². The quantitative estimate of drug-likeness (QED) is 0.806. The number of hydrogen-bond donors (Lipinski definition) is 1. The summed E-state index contributed by atoms with van der Waals surface area (Å²) in [5.41, 5.74) is 5.75. The maximum Gasteiger partial charge on any atom is 0.227 e. The van der Waals surface area contributed by atoms with Crippen molar-refractivity contribution in [3.8, 4) is 0 Å². The highest BCUT2D eigenvalue weighted by atomic mass is 32.1. The van der Waals surface area contributed by atoms with Gasteiger partial charge in [0.25, 0.3) is 0 Å². The van der Waals surface area contributed by atoms with Gasteiger partial charge in [-0.3, -0.25) is 9.59 Å². The Morgan fingerprint density at radius 3 is 2.48 bits per heavy atom. The molecule has 0 radical (unpaired) electrons. The Hall–Kier alpha value is -2.21. The van der Waals surface area contributed by atoms with Crippen molar-refractivity contribution >= 4 is 28.8 Å². The molecule has 4 nitrogen and oxygen atoms in total. The number of rotatable bonds is 8. The number of hydrogen-bond acceptors (Lipinski definition) is 3. The van der Waals surface area contributed by atoms with Gasteiger partial charge in [0.05, 0.1) is 0 Å². The van der Waals surface area contributed by atoms with Gasteiger partial charge in [-0.15, -0.1) is 11.3 Å². The highest BCUT2D eigenvalue weighted by Gasteiger charge is 2.16. The Bertz CT molecular complexity index is 641.